The van der Waals surface area contributed by atoms with Crippen LogP contribution in [0.25, 0.3) is 11.4 Å². The monoisotopic (exact) mass is 357 g/mol. The lowest BCUT2D eigenvalue weighted by atomic mass is 10.2. The molecular formula is C17H16ClN5O2. The Bertz CT molecular complexity index is 881. The van der Waals surface area contributed by atoms with Crippen LogP contribution >= 0.6 is 11.6 Å². The van der Waals surface area contributed by atoms with Crippen molar-refractivity contribution in [3.8, 4) is 17.1 Å². The van der Waals surface area contributed by atoms with Crippen LogP contribution in [0.5, 0.6) is 5.75 Å². The molecule has 3 aromatic rings. The molecule has 8 heteroatoms. The van der Waals surface area contributed by atoms with Crippen LogP contribution in [-0.4, -0.2) is 33.2 Å². The summed E-state index contributed by atoms with van der Waals surface area (Å²) in [5.74, 6) is 0.909. The Morgan fingerprint density at radius 3 is 2.88 bits per heavy atom. The Morgan fingerprint density at radius 2 is 2.08 bits per heavy atom. The van der Waals surface area contributed by atoms with E-state index in [0.29, 0.717) is 23.0 Å². The second-order valence-corrected chi connectivity index (χ2v) is 5.66. The average molecular weight is 358 g/mol. The van der Waals surface area contributed by atoms with Crippen LogP contribution < -0.4 is 10.1 Å². The van der Waals surface area contributed by atoms with Gasteiger partial charge in [-0.05, 0) is 35.0 Å². The number of amides is 1. The van der Waals surface area contributed by atoms with Crippen molar-refractivity contribution >= 4 is 17.5 Å². The number of carbonyl (C=O) groups is 1. The van der Waals surface area contributed by atoms with Gasteiger partial charge in [0, 0.05) is 12.1 Å². The summed E-state index contributed by atoms with van der Waals surface area (Å²) in [4.78, 5) is 13.3. The highest BCUT2D eigenvalue weighted by Crippen LogP contribution is 2.23. The minimum Gasteiger partial charge on any atom is -0.497 e. The fraction of sp³-hybridized carbons (Fsp3) is 0.176. The predicted molar refractivity (Wildman–Crippen MR) is 93.1 cm³/mol. The lowest BCUT2D eigenvalue weighted by molar-refractivity contribution is -0.122. The van der Waals surface area contributed by atoms with Gasteiger partial charge in [-0.1, -0.05) is 35.9 Å². The molecule has 0 atom stereocenters. The highest BCUT2D eigenvalue weighted by Gasteiger charge is 2.11. The van der Waals surface area contributed by atoms with Crippen molar-refractivity contribution in [1.29, 1.82) is 0 Å². The van der Waals surface area contributed by atoms with Crippen LogP contribution in [-0.2, 0) is 17.9 Å². The third kappa shape index (κ3) is 4.33. The third-order valence-electron chi connectivity index (χ3n) is 3.48. The van der Waals surface area contributed by atoms with Gasteiger partial charge in [-0.3, -0.25) is 4.79 Å². The number of ether oxygens (including phenoxy) is 1. The molecule has 0 spiro atoms. The second-order valence-electron chi connectivity index (χ2n) is 5.25. The molecule has 1 heterocycles. The summed E-state index contributed by atoms with van der Waals surface area (Å²) >= 11 is 6.11. The van der Waals surface area contributed by atoms with Gasteiger partial charge in [0.2, 0.25) is 11.7 Å². The zero-order valence-corrected chi connectivity index (χ0v) is 14.3. The Morgan fingerprint density at radius 1 is 1.24 bits per heavy atom. The highest BCUT2D eigenvalue weighted by molar-refractivity contribution is 6.33. The zero-order valence-electron chi connectivity index (χ0n) is 13.5. The van der Waals surface area contributed by atoms with Gasteiger partial charge in [0.15, 0.2) is 0 Å². The Hall–Kier alpha value is -2.93. The molecule has 0 aliphatic heterocycles. The molecule has 0 unspecified atom stereocenters. The third-order valence-corrected chi connectivity index (χ3v) is 3.81. The van der Waals surface area contributed by atoms with Crippen LogP contribution in [0.1, 0.15) is 5.56 Å². The second kappa shape index (κ2) is 7.76. The van der Waals surface area contributed by atoms with Crippen molar-refractivity contribution in [1.82, 2.24) is 25.5 Å². The van der Waals surface area contributed by atoms with Gasteiger partial charge in [0.25, 0.3) is 0 Å². The first-order chi connectivity index (χ1) is 12.2. The summed E-state index contributed by atoms with van der Waals surface area (Å²) in [6.45, 7) is 0.365. The number of aromatic nitrogens is 4. The topological polar surface area (TPSA) is 81.9 Å². The van der Waals surface area contributed by atoms with E-state index in [1.165, 1.54) is 4.80 Å². The molecule has 0 saturated heterocycles. The number of carbonyl (C=O) groups excluding carboxylic acids is 1. The lowest BCUT2D eigenvalue weighted by Gasteiger charge is -2.06. The zero-order chi connectivity index (χ0) is 17.6. The molecule has 3 rings (SSSR count). The molecule has 0 fully saturated rings. The van der Waals surface area contributed by atoms with Gasteiger partial charge in [0.05, 0.1) is 12.1 Å². The summed E-state index contributed by atoms with van der Waals surface area (Å²) < 4.78 is 5.16. The van der Waals surface area contributed by atoms with Crippen LogP contribution in [0.3, 0.4) is 0 Å². The molecule has 0 bridgehead atoms. The fourth-order valence-corrected chi connectivity index (χ4v) is 2.45. The van der Waals surface area contributed by atoms with Gasteiger partial charge in [-0.15, -0.1) is 10.2 Å². The standard InChI is InChI=1S/C17H16ClN5O2/c1-25-13-6-4-5-12(9-13)10-19-16(24)11-23-21-17(20-22-23)14-7-2-3-8-15(14)18/h2-9H,10-11H2,1H3,(H,19,24). The SMILES string of the molecule is COc1cccc(CNC(=O)Cn2nnc(-c3ccccc3Cl)n2)c1. The minimum atomic E-state index is -0.217. The molecule has 0 radical (unpaired) electrons. The fourth-order valence-electron chi connectivity index (χ4n) is 2.23. The molecular weight excluding hydrogens is 342 g/mol. The number of halogens is 1. The largest absolute Gasteiger partial charge is 0.497 e. The first-order valence-corrected chi connectivity index (χ1v) is 7.96. The van der Waals surface area contributed by atoms with Crippen LogP contribution in [0.15, 0.2) is 48.5 Å². The van der Waals surface area contributed by atoms with E-state index in [1.54, 1.807) is 19.2 Å². The van der Waals surface area contributed by atoms with Crippen molar-refractivity contribution in [2.45, 2.75) is 13.1 Å². The van der Waals surface area contributed by atoms with Crippen LogP contribution in [0.2, 0.25) is 5.02 Å². The maximum absolute atomic E-state index is 12.1. The highest BCUT2D eigenvalue weighted by atomic mass is 35.5. The molecule has 0 saturated carbocycles. The first kappa shape index (κ1) is 16.9. The number of nitrogens with zero attached hydrogens (tertiary/aromatic N) is 4. The summed E-state index contributed by atoms with van der Waals surface area (Å²) in [5.41, 5.74) is 1.61. The normalized spacial score (nSPS) is 10.5. The number of hydrogen-bond donors (Lipinski definition) is 1. The summed E-state index contributed by atoms with van der Waals surface area (Å²) in [5, 5.41) is 15.4. The summed E-state index contributed by atoms with van der Waals surface area (Å²) in [6.07, 6.45) is 0. The molecule has 1 aromatic heterocycles. The number of methoxy groups -OCH3 is 1. The van der Waals surface area contributed by atoms with E-state index in [1.807, 2.05) is 36.4 Å². The van der Waals surface area contributed by atoms with Gasteiger partial charge >= 0.3 is 0 Å². The number of hydrogen-bond acceptors (Lipinski definition) is 5. The lowest BCUT2D eigenvalue weighted by Crippen LogP contribution is -2.28. The van der Waals surface area contributed by atoms with Gasteiger partial charge < -0.3 is 10.1 Å². The molecule has 25 heavy (non-hydrogen) atoms. The molecule has 2 aromatic carbocycles. The first-order valence-electron chi connectivity index (χ1n) is 7.58. The number of nitrogens with one attached hydrogen (secondary N) is 1. The maximum Gasteiger partial charge on any atom is 0.243 e. The Kier molecular flexibility index (Phi) is 5.25. The summed E-state index contributed by atoms with van der Waals surface area (Å²) in [6, 6.07) is 14.7. The number of rotatable bonds is 6. The van der Waals surface area contributed by atoms with E-state index >= 15 is 0 Å². The van der Waals surface area contributed by atoms with Crippen molar-refractivity contribution in [3.63, 3.8) is 0 Å². The van der Waals surface area contributed by atoms with Crippen molar-refractivity contribution < 1.29 is 9.53 Å². The number of benzene rings is 2. The van der Waals surface area contributed by atoms with Gasteiger partial charge in [0.1, 0.15) is 12.3 Å². The van der Waals surface area contributed by atoms with E-state index in [-0.39, 0.29) is 12.5 Å². The van der Waals surface area contributed by atoms with Gasteiger partial charge in [-0.25, -0.2) is 0 Å². The predicted octanol–water partition coefficient (Wildman–Crippen LogP) is 2.32. The van der Waals surface area contributed by atoms with E-state index in [4.69, 9.17) is 16.3 Å². The average Bonchev–Trinajstić information content (AvgIpc) is 3.08. The molecule has 128 valence electrons. The van der Waals surface area contributed by atoms with Crippen molar-refractivity contribution in [2.24, 2.45) is 0 Å². The number of tetrazole rings is 1. The van der Waals surface area contributed by atoms with E-state index in [0.717, 1.165) is 11.3 Å². The van der Waals surface area contributed by atoms with Crippen LogP contribution in [0.4, 0.5) is 0 Å². The molecule has 7 nitrogen and oxygen atoms in total. The van der Waals surface area contributed by atoms with E-state index in [2.05, 4.69) is 20.7 Å². The molecule has 1 N–H and O–H groups in total. The quantitative estimate of drug-likeness (QED) is 0.732. The van der Waals surface area contributed by atoms with Crippen molar-refractivity contribution in [2.75, 3.05) is 7.11 Å². The molecule has 0 aliphatic rings. The van der Waals surface area contributed by atoms with Crippen LogP contribution in [0, 0.1) is 0 Å². The maximum atomic E-state index is 12.1. The smallest absolute Gasteiger partial charge is 0.243 e. The van der Waals surface area contributed by atoms with E-state index < -0.39 is 0 Å². The minimum absolute atomic E-state index is 0.0264. The van der Waals surface area contributed by atoms with Crippen molar-refractivity contribution in [3.05, 3.63) is 59.1 Å². The Balaban J connectivity index is 1.59. The van der Waals surface area contributed by atoms with Gasteiger partial charge in [-0.2, -0.15) is 4.80 Å². The Labute approximate surface area is 149 Å². The van der Waals surface area contributed by atoms with E-state index in [9.17, 15) is 4.79 Å². The molecule has 1 amide bonds. The summed E-state index contributed by atoms with van der Waals surface area (Å²) in [7, 11) is 1.60. The molecule has 0 aliphatic carbocycles.